The fraction of sp³-hybridized carbons (Fsp3) is 0.824. The van der Waals surface area contributed by atoms with Crippen LogP contribution in [-0.4, -0.2) is 54.1 Å². The van der Waals surface area contributed by atoms with Crippen LogP contribution >= 0.6 is 0 Å². The third-order valence-electron chi connectivity index (χ3n) is 4.67. The predicted octanol–water partition coefficient (Wildman–Crippen LogP) is 1.55. The molecule has 0 saturated carbocycles. The molecule has 0 radical (unpaired) electrons. The number of hydrogen-bond donors (Lipinski definition) is 1. The normalized spacial score (nSPS) is 20.1. The third-order valence-corrected chi connectivity index (χ3v) is 4.67. The minimum Gasteiger partial charge on any atom is -0.379 e. The van der Waals surface area contributed by atoms with Crippen molar-refractivity contribution < 1.29 is 4.74 Å². The average Bonchev–Trinajstić information content (AvgIpc) is 2.88. The van der Waals surface area contributed by atoms with Crippen molar-refractivity contribution in [3.05, 3.63) is 17.0 Å². The molecule has 1 saturated heterocycles. The summed E-state index contributed by atoms with van der Waals surface area (Å²) in [7, 11) is 0. The highest BCUT2D eigenvalue weighted by Crippen LogP contribution is 2.29. The Morgan fingerprint density at radius 1 is 1.18 bits per heavy atom. The topological polar surface area (TPSA) is 42.3 Å². The zero-order valence-corrected chi connectivity index (χ0v) is 14.3. The second-order valence-corrected chi connectivity index (χ2v) is 7.48. The van der Waals surface area contributed by atoms with Crippen molar-refractivity contribution >= 4 is 0 Å². The van der Waals surface area contributed by atoms with E-state index in [2.05, 4.69) is 35.7 Å². The molecule has 0 unspecified atom stereocenters. The summed E-state index contributed by atoms with van der Waals surface area (Å²) in [6, 6.07) is 0. The minimum atomic E-state index is 0.124. The Labute approximate surface area is 134 Å². The van der Waals surface area contributed by atoms with Crippen molar-refractivity contribution in [3.63, 3.8) is 0 Å². The molecule has 3 rings (SSSR count). The lowest BCUT2D eigenvalue weighted by Crippen LogP contribution is -2.37. The number of ether oxygens (including phenoxy) is 1. The summed E-state index contributed by atoms with van der Waals surface area (Å²) in [5.74, 6) is 0. The molecule has 5 nitrogen and oxygen atoms in total. The SMILES string of the molecule is CC(C)(C)c1nn(CCCN2CCOCC2)c2c1CNCC2. The van der Waals surface area contributed by atoms with Gasteiger partial charge in [0.05, 0.1) is 18.9 Å². The van der Waals surface area contributed by atoms with Gasteiger partial charge in [0.1, 0.15) is 0 Å². The number of aryl methyl sites for hydroxylation is 1. The Morgan fingerprint density at radius 3 is 2.68 bits per heavy atom. The molecule has 3 heterocycles. The van der Waals surface area contributed by atoms with Crippen LogP contribution in [0.4, 0.5) is 0 Å². The molecular weight excluding hydrogens is 276 g/mol. The van der Waals surface area contributed by atoms with Crippen LogP contribution in [-0.2, 0) is 29.7 Å². The Bertz CT molecular complexity index is 497. The first kappa shape index (κ1) is 16.0. The van der Waals surface area contributed by atoms with Crippen LogP contribution in [0.1, 0.15) is 44.1 Å². The van der Waals surface area contributed by atoms with Crippen molar-refractivity contribution in [2.75, 3.05) is 39.4 Å². The van der Waals surface area contributed by atoms with Gasteiger partial charge in [-0.2, -0.15) is 5.10 Å². The van der Waals surface area contributed by atoms with Crippen LogP contribution in [0.3, 0.4) is 0 Å². The lowest BCUT2D eigenvalue weighted by atomic mass is 9.88. The Kier molecular flexibility index (Phi) is 4.85. The summed E-state index contributed by atoms with van der Waals surface area (Å²) in [5.41, 5.74) is 4.32. The molecule has 0 atom stereocenters. The van der Waals surface area contributed by atoms with Crippen LogP contribution in [0.15, 0.2) is 0 Å². The van der Waals surface area contributed by atoms with Gasteiger partial charge in [0.15, 0.2) is 0 Å². The fourth-order valence-electron chi connectivity index (χ4n) is 3.48. The van der Waals surface area contributed by atoms with E-state index in [1.165, 1.54) is 23.4 Å². The first-order valence-electron chi connectivity index (χ1n) is 8.65. The van der Waals surface area contributed by atoms with Gasteiger partial charge in [0.2, 0.25) is 0 Å². The molecular formula is C17H30N4O. The van der Waals surface area contributed by atoms with E-state index in [1.807, 2.05) is 0 Å². The highest BCUT2D eigenvalue weighted by atomic mass is 16.5. The summed E-state index contributed by atoms with van der Waals surface area (Å²) in [6.07, 6.45) is 2.28. The van der Waals surface area contributed by atoms with Crippen LogP contribution < -0.4 is 5.32 Å². The minimum absolute atomic E-state index is 0.124. The van der Waals surface area contributed by atoms with Gasteiger partial charge in [-0.1, -0.05) is 20.8 Å². The Balaban J connectivity index is 1.66. The van der Waals surface area contributed by atoms with Crippen molar-refractivity contribution in [2.24, 2.45) is 0 Å². The number of hydrogen-bond acceptors (Lipinski definition) is 4. The summed E-state index contributed by atoms with van der Waals surface area (Å²) in [5, 5.41) is 8.48. The van der Waals surface area contributed by atoms with Crippen LogP contribution in [0.25, 0.3) is 0 Å². The number of fused-ring (bicyclic) bond motifs is 1. The number of nitrogens with zero attached hydrogens (tertiary/aromatic N) is 3. The Hall–Kier alpha value is -0.910. The number of rotatable bonds is 4. The lowest BCUT2D eigenvalue weighted by Gasteiger charge is -2.26. The van der Waals surface area contributed by atoms with Gasteiger partial charge >= 0.3 is 0 Å². The fourth-order valence-corrected chi connectivity index (χ4v) is 3.48. The largest absolute Gasteiger partial charge is 0.379 e. The van der Waals surface area contributed by atoms with Gasteiger partial charge in [0.25, 0.3) is 0 Å². The maximum atomic E-state index is 5.41. The molecule has 1 N–H and O–H groups in total. The molecule has 22 heavy (non-hydrogen) atoms. The molecule has 0 spiro atoms. The zero-order valence-electron chi connectivity index (χ0n) is 14.3. The maximum absolute atomic E-state index is 5.41. The summed E-state index contributed by atoms with van der Waals surface area (Å²) >= 11 is 0. The van der Waals surface area contributed by atoms with Crippen LogP contribution in [0.2, 0.25) is 0 Å². The number of nitrogens with one attached hydrogen (secondary N) is 1. The van der Waals surface area contributed by atoms with Crippen LogP contribution in [0, 0.1) is 0 Å². The maximum Gasteiger partial charge on any atom is 0.0725 e. The van der Waals surface area contributed by atoms with Crippen molar-refractivity contribution in [1.29, 1.82) is 0 Å². The van der Waals surface area contributed by atoms with Crippen LogP contribution in [0.5, 0.6) is 0 Å². The first-order valence-corrected chi connectivity index (χ1v) is 8.65. The van der Waals surface area contributed by atoms with E-state index in [9.17, 15) is 0 Å². The third kappa shape index (κ3) is 3.53. The quantitative estimate of drug-likeness (QED) is 0.916. The molecule has 2 aliphatic rings. The van der Waals surface area contributed by atoms with E-state index in [0.717, 1.165) is 58.9 Å². The standard InChI is InChI=1S/C17H30N4O/c1-17(2,3)16-14-13-18-6-5-15(14)21(19-16)8-4-7-20-9-11-22-12-10-20/h18H,4-13H2,1-3H3. The average molecular weight is 306 g/mol. The molecule has 2 aliphatic heterocycles. The smallest absolute Gasteiger partial charge is 0.0725 e. The van der Waals surface area contributed by atoms with E-state index >= 15 is 0 Å². The molecule has 0 aromatic carbocycles. The molecule has 1 aromatic heterocycles. The molecule has 0 aliphatic carbocycles. The Morgan fingerprint density at radius 2 is 1.95 bits per heavy atom. The molecule has 0 bridgehead atoms. The van der Waals surface area contributed by atoms with E-state index in [0.29, 0.717) is 0 Å². The van der Waals surface area contributed by atoms with E-state index in [1.54, 1.807) is 0 Å². The molecule has 0 amide bonds. The zero-order chi connectivity index (χ0) is 15.6. The van der Waals surface area contributed by atoms with E-state index < -0.39 is 0 Å². The molecule has 5 heteroatoms. The van der Waals surface area contributed by atoms with Crippen molar-refractivity contribution in [1.82, 2.24) is 20.0 Å². The van der Waals surface area contributed by atoms with Gasteiger partial charge in [0, 0.05) is 62.4 Å². The second-order valence-electron chi connectivity index (χ2n) is 7.48. The van der Waals surface area contributed by atoms with Gasteiger partial charge < -0.3 is 10.1 Å². The highest BCUT2D eigenvalue weighted by molar-refractivity contribution is 5.33. The second kappa shape index (κ2) is 6.69. The van der Waals surface area contributed by atoms with Crippen molar-refractivity contribution in [3.8, 4) is 0 Å². The van der Waals surface area contributed by atoms with Gasteiger partial charge in [-0.25, -0.2) is 0 Å². The number of aromatic nitrogens is 2. The molecule has 1 aromatic rings. The predicted molar refractivity (Wildman–Crippen MR) is 88.2 cm³/mol. The van der Waals surface area contributed by atoms with Gasteiger partial charge in [-0.05, 0) is 6.42 Å². The van der Waals surface area contributed by atoms with E-state index in [4.69, 9.17) is 9.84 Å². The van der Waals surface area contributed by atoms with Crippen molar-refractivity contribution in [2.45, 2.75) is 52.1 Å². The van der Waals surface area contributed by atoms with Gasteiger partial charge in [-0.15, -0.1) is 0 Å². The first-order chi connectivity index (χ1) is 10.6. The summed E-state index contributed by atoms with van der Waals surface area (Å²) in [4.78, 5) is 2.51. The summed E-state index contributed by atoms with van der Waals surface area (Å²) < 4.78 is 7.70. The lowest BCUT2D eigenvalue weighted by molar-refractivity contribution is 0.0368. The summed E-state index contributed by atoms with van der Waals surface area (Å²) in [6.45, 7) is 15.0. The monoisotopic (exact) mass is 306 g/mol. The van der Waals surface area contributed by atoms with E-state index in [-0.39, 0.29) is 5.41 Å². The highest BCUT2D eigenvalue weighted by Gasteiger charge is 2.27. The number of morpholine rings is 1. The molecule has 124 valence electrons. The van der Waals surface area contributed by atoms with Gasteiger partial charge in [-0.3, -0.25) is 9.58 Å². The molecule has 1 fully saturated rings.